The highest BCUT2D eigenvalue weighted by molar-refractivity contribution is 5.96. The molecule has 2 rings (SSSR count). The fraction of sp³-hybridized carbons (Fsp3) is 0.526. The van der Waals surface area contributed by atoms with Crippen molar-refractivity contribution in [1.82, 2.24) is 10.6 Å². The normalized spacial score (nSPS) is 16.7. The van der Waals surface area contributed by atoms with Crippen molar-refractivity contribution in [2.75, 3.05) is 6.61 Å². The Morgan fingerprint density at radius 2 is 1.80 bits per heavy atom. The Labute approximate surface area is 148 Å². The zero-order valence-corrected chi connectivity index (χ0v) is 14.8. The predicted octanol–water partition coefficient (Wildman–Crippen LogP) is 2.67. The lowest BCUT2D eigenvalue weighted by Crippen LogP contribution is -2.45. The minimum absolute atomic E-state index is 0.0322. The summed E-state index contributed by atoms with van der Waals surface area (Å²) in [6.07, 6.45) is 4.09. The van der Waals surface area contributed by atoms with Crippen molar-refractivity contribution in [3.8, 4) is 0 Å². The molecular formula is C19H26N2O4. The van der Waals surface area contributed by atoms with Gasteiger partial charge in [0.25, 0.3) is 5.91 Å². The van der Waals surface area contributed by atoms with Gasteiger partial charge in [0.1, 0.15) is 0 Å². The van der Waals surface area contributed by atoms with Crippen LogP contribution in [-0.2, 0) is 19.7 Å². The van der Waals surface area contributed by atoms with E-state index in [1.54, 1.807) is 0 Å². The molecule has 0 heterocycles. The molecule has 0 saturated heterocycles. The van der Waals surface area contributed by atoms with Gasteiger partial charge in [0, 0.05) is 6.04 Å². The van der Waals surface area contributed by atoms with E-state index in [1.807, 2.05) is 44.2 Å². The molecule has 1 aromatic rings. The first-order valence-electron chi connectivity index (χ1n) is 8.81. The van der Waals surface area contributed by atoms with Crippen LogP contribution in [0.15, 0.2) is 30.3 Å². The molecule has 0 unspecified atom stereocenters. The van der Waals surface area contributed by atoms with E-state index in [0.717, 1.165) is 24.8 Å². The van der Waals surface area contributed by atoms with Crippen LogP contribution >= 0.6 is 0 Å². The maximum absolute atomic E-state index is 12.7. The fourth-order valence-corrected chi connectivity index (χ4v) is 3.14. The zero-order chi connectivity index (χ0) is 18.3. The number of carbonyl (C=O) groups excluding carboxylic acids is 3. The first-order valence-corrected chi connectivity index (χ1v) is 8.81. The SMILES string of the molecule is CC[C@H](C)NC(=O)NC(=O)COC(=O)C1(c2ccccc2)CCCC1. The van der Waals surface area contributed by atoms with Crippen LogP contribution < -0.4 is 10.6 Å². The molecule has 25 heavy (non-hydrogen) atoms. The zero-order valence-electron chi connectivity index (χ0n) is 14.8. The summed E-state index contributed by atoms with van der Waals surface area (Å²) in [5, 5.41) is 4.80. The number of nitrogens with one attached hydrogen (secondary N) is 2. The van der Waals surface area contributed by atoms with Gasteiger partial charge in [-0.25, -0.2) is 4.79 Å². The number of benzene rings is 1. The van der Waals surface area contributed by atoms with Crippen molar-refractivity contribution >= 4 is 17.9 Å². The second kappa shape index (κ2) is 8.65. The summed E-state index contributed by atoms with van der Waals surface area (Å²) in [5.41, 5.74) is 0.244. The lowest BCUT2D eigenvalue weighted by Gasteiger charge is -2.27. The third-order valence-corrected chi connectivity index (χ3v) is 4.75. The van der Waals surface area contributed by atoms with Gasteiger partial charge in [-0.2, -0.15) is 0 Å². The van der Waals surface area contributed by atoms with Gasteiger partial charge in [0.2, 0.25) is 0 Å². The summed E-state index contributed by atoms with van der Waals surface area (Å²) in [5.74, 6) is -1.02. The molecular weight excluding hydrogens is 320 g/mol. The van der Waals surface area contributed by atoms with Gasteiger partial charge in [-0.05, 0) is 31.7 Å². The molecule has 136 valence electrons. The first-order chi connectivity index (χ1) is 12.0. The van der Waals surface area contributed by atoms with Gasteiger partial charge in [-0.15, -0.1) is 0 Å². The van der Waals surface area contributed by atoms with E-state index in [1.165, 1.54) is 0 Å². The third kappa shape index (κ3) is 4.81. The maximum atomic E-state index is 12.7. The molecule has 0 bridgehead atoms. The number of hydrogen-bond donors (Lipinski definition) is 2. The molecule has 1 fully saturated rings. The van der Waals surface area contributed by atoms with E-state index in [2.05, 4.69) is 10.6 Å². The van der Waals surface area contributed by atoms with Gasteiger partial charge < -0.3 is 10.1 Å². The molecule has 0 spiro atoms. The van der Waals surface area contributed by atoms with Gasteiger partial charge in [-0.1, -0.05) is 50.1 Å². The summed E-state index contributed by atoms with van der Waals surface area (Å²) in [6, 6.07) is 8.94. The standard InChI is InChI=1S/C19H26N2O4/c1-3-14(2)20-18(24)21-16(22)13-25-17(23)19(11-7-8-12-19)15-9-5-4-6-10-15/h4-6,9-10,14H,3,7-8,11-13H2,1-2H3,(H2,20,21,22,24)/t14-/m0/s1. The average molecular weight is 346 g/mol. The molecule has 6 heteroatoms. The number of amides is 3. The molecule has 6 nitrogen and oxygen atoms in total. The van der Waals surface area contributed by atoms with Crippen molar-refractivity contribution in [2.24, 2.45) is 0 Å². The van der Waals surface area contributed by atoms with E-state index >= 15 is 0 Å². The number of esters is 1. The van der Waals surface area contributed by atoms with Crippen LogP contribution in [0.25, 0.3) is 0 Å². The first kappa shape index (κ1) is 19.0. The van der Waals surface area contributed by atoms with Gasteiger partial charge in [-0.3, -0.25) is 14.9 Å². The Morgan fingerprint density at radius 1 is 1.16 bits per heavy atom. The molecule has 3 amide bonds. The molecule has 2 N–H and O–H groups in total. The molecule has 1 aliphatic carbocycles. The number of carbonyl (C=O) groups is 3. The minimum Gasteiger partial charge on any atom is -0.455 e. The van der Waals surface area contributed by atoms with Crippen LogP contribution in [0.4, 0.5) is 4.79 Å². The maximum Gasteiger partial charge on any atom is 0.321 e. The summed E-state index contributed by atoms with van der Waals surface area (Å²) >= 11 is 0. The summed E-state index contributed by atoms with van der Waals surface area (Å²) in [7, 11) is 0. The topological polar surface area (TPSA) is 84.5 Å². The van der Waals surface area contributed by atoms with Gasteiger partial charge in [0.05, 0.1) is 5.41 Å². The van der Waals surface area contributed by atoms with Crippen LogP contribution in [0.5, 0.6) is 0 Å². The number of rotatable bonds is 6. The molecule has 0 aromatic heterocycles. The van der Waals surface area contributed by atoms with Crippen molar-refractivity contribution in [3.63, 3.8) is 0 Å². The third-order valence-electron chi connectivity index (χ3n) is 4.75. The average Bonchev–Trinajstić information content (AvgIpc) is 3.11. The minimum atomic E-state index is -0.680. The number of imide groups is 1. The van der Waals surface area contributed by atoms with Crippen LogP contribution in [-0.4, -0.2) is 30.6 Å². The largest absolute Gasteiger partial charge is 0.455 e. The van der Waals surface area contributed by atoms with Crippen molar-refractivity contribution < 1.29 is 19.1 Å². The second-order valence-electron chi connectivity index (χ2n) is 6.56. The number of ether oxygens (including phenoxy) is 1. The predicted molar refractivity (Wildman–Crippen MR) is 94.0 cm³/mol. The van der Waals surface area contributed by atoms with E-state index < -0.39 is 29.9 Å². The van der Waals surface area contributed by atoms with E-state index in [9.17, 15) is 14.4 Å². The lowest BCUT2D eigenvalue weighted by atomic mass is 9.79. The monoisotopic (exact) mass is 346 g/mol. The molecule has 1 saturated carbocycles. The fourth-order valence-electron chi connectivity index (χ4n) is 3.14. The quantitative estimate of drug-likeness (QED) is 0.776. The number of urea groups is 1. The van der Waals surface area contributed by atoms with Gasteiger partial charge >= 0.3 is 12.0 Å². The Bertz CT molecular complexity index is 609. The van der Waals surface area contributed by atoms with Crippen molar-refractivity contribution in [2.45, 2.75) is 57.4 Å². The molecule has 0 aliphatic heterocycles. The highest BCUT2D eigenvalue weighted by Crippen LogP contribution is 2.42. The summed E-state index contributed by atoms with van der Waals surface area (Å²) in [6.45, 7) is 3.31. The molecule has 1 aromatic carbocycles. The second-order valence-corrected chi connectivity index (χ2v) is 6.56. The Hall–Kier alpha value is -2.37. The molecule has 1 aliphatic rings. The molecule has 1 atom stereocenters. The van der Waals surface area contributed by atoms with Crippen LogP contribution in [0.2, 0.25) is 0 Å². The highest BCUT2D eigenvalue weighted by Gasteiger charge is 2.44. The summed E-state index contributed by atoms with van der Waals surface area (Å²) in [4.78, 5) is 36.1. The van der Waals surface area contributed by atoms with E-state index in [0.29, 0.717) is 12.8 Å². The summed E-state index contributed by atoms with van der Waals surface area (Å²) < 4.78 is 5.25. The number of hydrogen-bond acceptors (Lipinski definition) is 4. The smallest absolute Gasteiger partial charge is 0.321 e. The highest BCUT2D eigenvalue weighted by atomic mass is 16.5. The molecule has 0 radical (unpaired) electrons. The van der Waals surface area contributed by atoms with Crippen molar-refractivity contribution in [3.05, 3.63) is 35.9 Å². The van der Waals surface area contributed by atoms with E-state index in [4.69, 9.17) is 4.74 Å². The van der Waals surface area contributed by atoms with Crippen LogP contribution in [0, 0.1) is 0 Å². The Balaban J connectivity index is 1.92. The van der Waals surface area contributed by atoms with Crippen molar-refractivity contribution in [1.29, 1.82) is 0 Å². The van der Waals surface area contributed by atoms with Crippen LogP contribution in [0.3, 0.4) is 0 Å². The van der Waals surface area contributed by atoms with Crippen LogP contribution in [0.1, 0.15) is 51.5 Å². The Kier molecular flexibility index (Phi) is 6.56. The Morgan fingerprint density at radius 3 is 2.40 bits per heavy atom. The van der Waals surface area contributed by atoms with Gasteiger partial charge in [0.15, 0.2) is 6.61 Å². The van der Waals surface area contributed by atoms with E-state index in [-0.39, 0.29) is 6.04 Å². The lowest BCUT2D eigenvalue weighted by molar-refractivity contribution is -0.154.